The van der Waals surface area contributed by atoms with E-state index in [-0.39, 0.29) is 43.6 Å². The molecule has 0 fully saturated rings. The van der Waals surface area contributed by atoms with Crippen molar-refractivity contribution < 1.29 is 59.7 Å². The third-order valence-electron chi connectivity index (χ3n) is 2.21. The summed E-state index contributed by atoms with van der Waals surface area (Å²) in [5, 5.41) is 16.5. The minimum absolute atomic E-state index is 0. The van der Waals surface area contributed by atoms with Crippen molar-refractivity contribution in [1.82, 2.24) is 0 Å². The maximum Gasteiger partial charge on any atom is 0.341 e. The smallest absolute Gasteiger partial charge is 0.341 e. The first-order chi connectivity index (χ1) is 10.6. The van der Waals surface area contributed by atoms with E-state index < -0.39 is 11.9 Å². The van der Waals surface area contributed by atoms with Gasteiger partial charge in [-0.3, -0.25) is 0 Å². The van der Waals surface area contributed by atoms with Crippen molar-refractivity contribution in [2.24, 2.45) is 0 Å². The first kappa shape index (κ1) is 27.4. The Balaban J connectivity index is -0.000000346. The minimum Gasteiger partial charge on any atom is -0.482 e. The van der Waals surface area contributed by atoms with E-state index in [1.54, 1.807) is 48.5 Å². The van der Waals surface area contributed by atoms with Gasteiger partial charge in [-0.15, -0.1) is 0 Å². The van der Waals surface area contributed by atoms with Crippen LogP contribution in [0.2, 0.25) is 0 Å². The molecule has 0 saturated heterocycles. The molecule has 0 radical (unpaired) electrons. The van der Waals surface area contributed by atoms with E-state index in [2.05, 4.69) is 0 Å². The molecule has 0 atom stereocenters. The van der Waals surface area contributed by atoms with Crippen molar-refractivity contribution in [1.29, 1.82) is 0 Å². The minimum atomic E-state index is -0.964. The van der Waals surface area contributed by atoms with Crippen LogP contribution in [0.15, 0.2) is 60.7 Å². The van der Waals surface area contributed by atoms with E-state index in [1.165, 1.54) is 0 Å². The number of ether oxygens (including phenoxy) is 2. The molecule has 0 unspecified atom stereocenters. The number of carboxylic acids is 2. The second kappa shape index (κ2) is 16.4. The zero-order valence-electron chi connectivity index (χ0n) is 13.4. The van der Waals surface area contributed by atoms with Gasteiger partial charge in [0.2, 0.25) is 0 Å². The number of hydrogen-bond donors (Lipinski definition) is 2. The van der Waals surface area contributed by atoms with Crippen LogP contribution in [-0.4, -0.2) is 46.3 Å². The molecule has 0 bridgehead atoms. The summed E-state index contributed by atoms with van der Waals surface area (Å²) in [5.41, 5.74) is 0. The molecule has 6 N–H and O–H groups in total. The van der Waals surface area contributed by atoms with Crippen LogP contribution in [0.4, 0.5) is 0 Å². The molecule has 0 aliphatic rings. The van der Waals surface area contributed by atoms with E-state index in [0.29, 0.717) is 11.5 Å². The van der Waals surface area contributed by atoms with E-state index >= 15 is 0 Å². The Morgan fingerprint density at radius 1 is 0.680 bits per heavy atom. The van der Waals surface area contributed by atoms with Gasteiger partial charge in [-0.1, -0.05) is 36.4 Å². The largest absolute Gasteiger partial charge is 0.482 e. The molecule has 0 amide bonds. The summed E-state index contributed by atoms with van der Waals surface area (Å²) in [7, 11) is 0. The summed E-state index contributed by atoms with van der Waals surface area (Å²) in [6.45, 7) is -0.575. The van der Waals surface area contributed by atoms with Crippen LogP contribution in [0.3, 0.4) is 0 Å². The van der Waals surface area contributed by atoms with Crippen molar-refractivity contribution >= 4 is 11.9 Å². The molecule has 0 spiro atoms. The second-order valence-electron chi connectivity index (χ2n) is 3.99. The molecule has 0 heterocycles. The zero-order chi connectivity index (χ0) is 16.2. The number of aliphatic carboxylic acids is 2. The number of carboxylic acid groups (broad SMARTS) is 2. The molecule has 134 valence electrons. The fourth-order valence-electron chi connectivity index (χ4n) is 1.32. The second-order valence-corrected chi connectivity index (χ2v) is 3.99. The van der Waals surface area contributed by atoms with Crippen LogP contribution >= 0.6 is 0 Å². The Morgan fingerprint density at radius 2 is 0.960 bits per heavy atom. The Morgan fingerprint density at radius 3 is 1.20 bits per heavy atom. The maximum atomic E-state index is 10.0. The first-order valence-electron chi connectivity index (χ1n) is 6.37. The molecular formula is C16H20O8Zn. The molecule has 2 rings (SSSR count). The van der Waals surface area contributed by atoms with Gasteiger partial charge in [0.05, 0.1) is 0 Å². The molecule has 9 heteroatoms. The number of rotatable bonds is 6. The molecule has 0 aliphatic heterocycles. The standard InChI is InChI=1S/2C8H8O3.2H2O.Zn/c2*9-8(10)6-11-7-4-2-1-3-5-7;;;/h2*1-5H,6H2,(H,9,10);2*1H2;. The van der Waals surface area contributed by atoms with Crippen LogP contribution in [0.1, 0.15) is 0 Å². The summed E-state index contributed by atoms with van der Waals surface area (Å²) in [4.78, 5) is 20.1. The SMILES string of the molecule is O.O.O=C(O)COc1ccccc1.O=C(O)COc1ccccc1.[Zn]. The third-order valence-corrected chi connectivity index (χ3v) is 2.21. The first-order valence-corrected chi connectivity index (χ1v) is 6.37. The summed E-state index contributed by atoms with van der Waals surface area (Å²) in [6, 6.07) is 17.7. The van der Waals surface area contributed by atoms with Crippen molar-refractivity contribution in [3.8, 4) is 11.5 Å². The molecule has 25 heavy (non-hydrogen) atoms. The summed E-state index contributed by atoms with van der Waals surface area (Å²) in [6.07, 6.45) is 0. The molecule has 0 aliphatic carbocycles. The van der Waals surface area contributed by atoms with Crippen LogP contribution in [0, 0.1) is 0 Å². The number of benzene rings is 2. The van der Waals surface area contributed by atoms with Crippen molar-refractivity contribution in [2.75, 3.05) is 13.2 Å². The van der Waals surface area contributed by atoms with Crippen molar-refractivity contribution in [3.05, 3.63) is 60.7 Å². The molecule has 2 aromatic carbocycles. The van der Waals surface area contributed by atoms with Crippen LogP contribution < -0.4 is 9.47 Å². The van der Waals surface area contributed by atoms with Gasteiger partial charge in [0.15, 0.2) is 13.2 Å². The van der Waals surface area contributed by atoms with Gasteiger partial charge in [0, 0.05) is 19.5 Å². The van der Waals surface area contributed by atoms with Gasteiger partial charge in [0.25, 0.3) is 0 Å². The van der Waals surface area contributed by atoms with Crippen LogP contribution in [0.25, 0.3) is 0 Å². The van der Waals surface area contributed by atoms with E-state index in [1.807, 2.05) is 12.1 Å². The molecule has 0 saturated carbocycles. The molecule has 8 nitrogen and oxygen atoms in total. The van der Waals surface area contributed by atoms with Crippen molar-refractivity contribution in [2.45, 2.75) is 0 Å². The third kappa shape index (κ3) is 14.8. The van der Waals surface area contributed by atoms with Gasteiger partial charge in [-0.05, 0) is 24.3 Å². The number of carbonyl (C=O) groups is 2. The predicted octanol–water partition coefficient (Wildman–Crippen LogP) is 0.648. The van der Waals surface area contributed by atoms with Gasteiger partial charge in [-0.25, -0.2) is 9.59 Å². The normalized spacial score (nSPS) is 8.00. The fourth-order valence-corrected chi connectivity index (χ4v) is 1.32. The van der Waals surface area contributed by atoms with Crippen LogP contribution in [0.5, 0.6) is 11.5 Å². The summed E-state index contributed by atoms with van der Waals surface area (Å²) < 4.78 is 9.74. The van der Waals surface area contributed by atoms with Gasteiger partial charge in [0.1, 0.15) is 11.5 Å². The van der Waals surface area contributed by atoms with E-state index in [4.69, 9.17) is 19.7 Å². The fraction of sp³-hybridized carbons (Fsp3) is 0.125. The zero-order valence-corrected chi connectivity index (χ0v) is 16.4. The van der Waals surface area contributed by atoms with Gasteiger partial charge >= 0.3 is 11.9 Å². The topological polar surface area (TPSA) is 156 Å². The molecular weight excluding hydrogens is 386 g/mol. The van der Waals surface area contributed by atoms with Gasteiger partial charge < -0.3 is 30.6 Å². The number of hydrogen-bond acceptors (Lipinski definition) is 4. The Labute approximate surface area is 157 Å². The average Bonchev–Trinajstić information content (AvgIpc) is 2.53. The monoisotopic (exact) mass is 404 g/mol. The summed E-state index contributed by atoms with van der Waals surface area (Å²) >= 11 is 0. The van der Waals surface area contributed by atoms with Gasteiger partial charge in [-0.2, -0.15) is 0 Å². The molecule has 0 aromatic heterocycles. The quantitative estimate of drug-likeness (QED) is 0.672. The predicted molar refractivity (Wildman–Crippen MR) is 86.4 cm³/mol. The van der Waals surface area contributed by atoms with Crippen molar-refractivity contribution in [3.63, 3.8) is 0 Å². The maximum absolute atomic E-state index is 10.0. The Kier molecular flexibility index (Phi) is 17.9. The van der Waals surface area contributed by atoms with Crippen LogP contribution in [-0.2, 0) is 29.1 Å². The Bertz CT molecular complexity index is 524. The number of para-hydroxylation sites is 2. The van der Waals surface area contributed by atoms with E-state index in [9.17, 15) is 9.59 Å². The summed E-state index contributed by atoms with van der Waals surface area (Å²) in [5.74, 6) is -0.771. The average molecular weight is 406 g/mol. The Hall–Kier alpha value is -2.48. The van der Waals surface area contributed by atoms with E-state index in [0.717, 1.165) is 0 Å². The molecule has 2 aromatic rings.